The van der Waals surface area contributed by atoms with Crippen LogP contribution in [0.1, 0.15) is 60.3 Å². The van der Waals surface area contributed by atoms with E-state index in [0.29, 0.717) is 0 Å². The average molecular weight is 363 g/mol. The first-order valence-electron chi connectivity index (χ1n) is 9.83. The predicted octanol–water partition coefficient (Wildman–Crippen LogP) is 5.33. The van der Waals surface area contributed by atoms with Gasteiger partial charge in [-0.15, -0.1) is 0 Å². The van der Waals surface area contributed by atoms with Crippen molar-refractivity contribution in [2.45, 2.75) is 52.5 Å². The number of aromatic nitrogens is 1. The zero-order chi connectivity index (χ0) is 19.3. The average Bonchev–Trinajstić information content (AvgIpc) is 2.99. The Morgan fingerprint density at radius 3 is 2.56 bits per heavy atom. The molecule has 0 amide bonds. The van der Waals surface area contributed by atoms with Crippen molar-refractivity contribution in [3.63, 3.8) is 0 Å². The number of H-pyrrole nitrogens is 1. The minimum absolute atomic E-state index is 0.0347. The fourth-order valence-electron chi connectivity index (χ4n) is 4.46. The summed E-state index contributed by atoms with van der Waals surface area (Å²) in [6.07, 6.45) is 1.07. The molecule has 4 rings (SSSR count). The van der Waals surface area contributed by atoms with E-state index < -0.39 is 0 Å². The van der Waals surface area contributed by atoms with E-state index in [9.17, 15) is 0 Å². The molecule has 3 nitrogen and oxygen atoms in total. The zero-order valence-electron chi connectivity index (χ0n) is 17.3. The normalized spacial score (nSPS) is 17.2. The Morgan fingerprint density at radius 1 is 1.07 bits per heavy atom. The molecule has 0 spiro atoms. The highest BCUT2D eigenvalue weighted by Crippen LogP contribution is 2.38. The Hall–Kier alpha value is -2.26. The van der Waals surface area contributed by atoms with Crippen molar-refractivity contribution in [2.75, 3.05) is 13.7 Å². The third-order valence-electron chi connectivity index (χ3n) is 5.77. The van der Waals surface area contributed by atoms with Crippen LogP contribution in [0.15, 0.2) is 30.3 Å². The van der Waals surface area contributed by atoms with Gasteiger partial charge in [-0.25, -0.2) is 0 Å². The van der Waals surface area contributed by atoms with Crippen molar-refractivity contribution in [3.05, 3.63) is 63.8 Å². The van der Waals surface area contributed by atoms with Crippen molar-refractivity contribution >= 4 is 10.9 Å². The number of benzene rings is 2. The van der Waals surface area contributed by atoms with Gasteiger partial charge in [0.2, 0.25) is 0 Å². The topological polar surface area (TPSA) is 37.0 Å². The first-order chi connectivity index (χ1) is 12.8. The largest absolute Gasteiger partial charge is 0.496 e. The highest BCUT2D eigenvalue weighted by molar-refractivity contribution is 5.88. The zero-order valence-corrected chi connectivity index (χ0v) is 17.3. The fraction of sp³-hybridized carbons (Fsp3) is 0.417. The number of nitrogens with one attached hydrogen (secondary N) is 2. The van der Waals surface area contributed by atoms with Gasteiger partial charge in [0.25, 0.3) is 0 Å². The maximum Gasteiger partial charge on any atom is 0.122 e. The molecule has 0 fully saturated rings. The van der Waals surface area contributed by atoms with Crippen LogP contribution in [0.2, 0.25) is 0 Å². The van der Waals surface area contributed by atoms with Crippen molar-refractivity contribution in [1.29, 1.82) is 0 Å². The van der Waals surface area contributed by atoms with Crippen LogP contribution < -0.4 is 10.1 Å². The number of aromatic amines is 1. The molecule has 0 saturated carbocycles. The summed E-state index contributed by atoms with van der Waals surface area (Å²) < 4.78 is 5.63. The Labute approximate surface area is 162 Å². The summed E-state index contributed by atoms with van der Waals surface area (Å²) >= 11 is 0. The fourth-order valence-corrected chi connectivity index (χ4v) is 4.46. The second kappa shape index (κ2) is 6.42. The van der Waals surface area contributed by atoms with Gasteiger partial charge in [0, 0.05) is 23.1 Å². The van der Waals surface area contributed by atoms with Crippen LogP contribution in [-0.4, -0.2) is 18.6 Å². The first kappa shape index (κ1) is 18.1. The van der Waals surface area contributed by atoms with E-state index in [1.807, 2.05) is 0 Å². The van der Waals surface area contributed by atoms with Crippen LogP contribution in [0.25, 0.3) is 10.9 Å². The van der Waals surface area contributed by atoms with Gasteiger partial charge in [-0.05, 0) is 66.1 Å². The molecule has 1 aliphatic heterocycles. The number of hydrogen-bond acceptors (Lipinski definition) is 2. The number of ether oxygens (including phenoxy) is 1. The molecule has 0 aliphatic carbocycles. The molecule has 1 aliphatic rings. The molecule has 27 heavy (non-hydrogen) atoms. The smallest absolute Gasteiger partial charge is 0.122 e. The van der Waals surface area contributed by atoms with E-state index in [4.69, 9.17) is 4.74 Å². The van der Waals surface area contributed by atoms with Crippen LogP contribution in [0, 0.1) is 13.8 Å². The van der Waals surface area contributed by atoms with E-state index in [1.165, 1.54) is 44.4 Å². The van der Waals surface area contributed by atoms with Gasteiger partial charge >= 0.3 is 0 Å². The van der Waals surface area contributed by atoms with E-state index in [2.05, 4.69) is 75.3 Å². The molecule has 2 heterocycles. The van der Waals surface area contributed by atoms with Gasteiger partial charge in [-0.3, -0.25) is 0 Å². The lowest BCUT2D eigenvalue weighted by Crippen LogP contribution is -2.30. The molecule has 3 heteroatoms. The monoisotopic (exact) mass is 362 g/mol. The van der Waals surface area contributed by atoms with Crippen molar-refractivity contribution in [1.82, 2.24) is 10.3 Å². The van der Waals surface area contributed by atoms with Crippen molar-refractivity contribution in [3.8, 4) is 5.75 Å². The Kier molecular flexibility index (Phi) is 4.31. The lowest BCUT2D eigenvalue weighted by atomic mass is 9.83. The molecule has 0 radical (unpaired) electrons. The van der Waals surface area contributed by atoms with Gasteiger partial charge in [0.1, 0.15) is 5.75 Å². The van der Waals surface area contributed by atoms with Gasteiger partial charge in [-0.1, -0.05) is 38.5 Å². The molecule has 1 atom stereocenters. The molecule has 2 N–H and O–H groups in total. The lowest BCUT2D eigenvalue weighted by Gasteiger charge is -2.28. The summed E-state index contributed by atoms with van der Waals surface area (Å²) in [5, 5.41) is 5.12. The minimum atomic E-state index is 0.0347. The minimum Gasteiger partial charge on any atom is -0.496 e. The highest BCUT2D eigenvalue weighted by Gasteiger charge is 2.28. The third kappa shape index (κ3) is 3.04. The standard InChI is InChI=1S/C24H30N2O/c1-14-11-15(2)21-18(12-14)17-9-10-25-22(23(17)26-21)16-7-8-20(27-6)19(13-16)24(3,4)5/h7-8,11-13,22,25-26H,9-10H2,1-6H3. The van der Waals surface area contributed by atoms with Gasteiger partial charge in [0.05, 0.1) is 13.2 Å². The molecule has 3 aromatic rings. The first-order valence-corrected chi connectivity index (χ1v) is 9.83. The number of fused-ring (bicyclic) bond motifs is 3. The molecule has 1 unspecified atom stereocenters. The summed E-state index contributed by atoms with van der Waals surface area (Å²) in [5.41, 5.74) is 9.29. The number of methoxy groups -OCH3 is 1. The van der Waals surface area contributed by atoms with Crippen LogP contribution in [0.3, 0.4) is 0 Å². The number of aryl methyl sites for hydroxylation is 2. The van der Waals surface area contributed by atoms with E-state index in [1.54, 1.807) is 7.11 Å². The SMILES string of the molecule is COc1ccc(C2NCCc3c2[nH]c2c(C)cc(C)cc32)cc1C(C)(C)C. The Balaban J connectivity index is 1.87. The second-order valence-electron chi connectivity index (χ2n) is 8.87. The highest BCUT2D eigenvalue weighted by atomic mass is 16.5. The van der Waals surface area contributed by atoms with Gasteiger partial charge in [-0.2, -0.15) is 0 Å². The second-order valence-corrected chi connectivity index (χ2v) is 8.87. The number of hydrogen-bond donors (Lipinski definition) is 2. The summed E-state index contributed by atoms with van der Waals surface area (Å²) in [6, 6.07) is 11.4. The van der Waals surface area contributed by atoms with Crippen LogP contribution in [0.4, 0.5) is 0 Å². The molecular weight excluding hydrogens is 332 g/mol. The summed E-state index contributed by atoms with van der Waals surface area (Å²) in [4.78, 5) is 3.75. The molecule has 0 bridgehead atoms. The van der Waals surface area contributed by atoms with Crippen molar-refractivity contribution < 1.29 is 4.74 Å². The Morgan fingerprint density at radius 2 is 1.85 bits per heavy atom. The van der Waals surface area contributed by atoms with Gasteiger partial charge < -0.3 is 15.0 Å². The maximum absolute atomic E-state index is 5.63. The van der Waals surface area contributed by atoms with Crippen molar-refractivity contribution in [2.24, 2.45) is 0 Å². The summed E-state index contributed by atoms with van der Waals surface area (Å²) in [7, 11) is 1.75. The van der Waals surface area contributed by atoms with Gasteiger partial charge in [0.15, 0.2) is 0 Å². The number of rotatable bonds is 2. The maximum atomic E-state index is 5.63. The quantitative estimate of drug-likeness (QED) is 0.647. The van der Waals surface area contributed by atoms with Crippen LogP contribution in [0.5, 0.6) is 5.75 Å². The summed E-state index contributed by atoms with van der Waals surface area (Å²) in [5.74, 6) is 0.963. The molecule has 142 valence electrons. The van der Waals surface area contributed by atoms with E-state index in [0.717, 1.165) is 18.7 Å². The molecule has 2 aromatic carbocycles. The molecule has 1 aromatic heterocycles. The third-order valence-corrected chi connectivity index (χ3v) is 5.77. The van der Waals surface area contributed by atoms with Crippen LogP contribution >= 0.6 is 0 Å². The van der Waals surface area contributed by atoms with E-state index >= 15 is 0 Å². The summed E-state index contributed by atoms with van der Waals surface area (Å²) in [6.45, 7) is 12.1. The predicted molar refractivity (Wildman–Crippen MR) is 113 cm³/mol. The Bertz CT molecular complexity index is 1010. The molecule has 0 saturated heterocycles. The van der Waals surface area contributed by atoms with E-state index in [-0.39, 0.29) is 11.5 Å². The molecular formula is C24H30N2O. The van der Waals surface area contributed by atoms with Crippen LogP contribution in [-0.2, 0) is 11.8 Å². The lowest BCUT2D eigenvalue weighted by molar-refractivity contribution is 0.397.